The molecular weight excluding hydrogens is 328 g/mol. The molecular formula is C20H20N4O2. The van der Waals surface area contributed by atoms with Crippen molar-refractivity contribution in [3.8, 4) is 5.69 Å². The molecule has 6 heteroatoms. The highest BCUT2D eigenvalue weighted by Gasteiger charge is 2.29. The Morgan fingerprint density at radius 1 is 1.12 bits per heavy atom. The van der Waals surface area contributed by atoms with Crippen LogP contribution in [0.2, 0.25) is 0 Å². The minimum atomic E-state index is -0.145. The quantitative estimate of drug-likeness (QED) is 0.791. The number of carbonyl (C=O) groups is 2. The Labute approximate surface area is 151 Å². The van der Waals surface area contributed by atoms with Crippen LogP contribution >= 0.6 is 0 Å². The Hall–Kier alpha value is -3.15. The number of likely N-dealkylation sites (tertiary alicyclic amines) is 1. The van der Waals surface area contributed by atoms with E-state index >= 15 is 0 Å². The highest BCUT2D eigenvalue weighted by molar-refractivity contribution is 5.93. The third-order valence-corrected chi connectivity index (χ3v) is 4.86. The summed E-state index contributed by atoms with van der Waals surface area (Å²) in [6.07, 6.45) is 2.55. The molecule has 3 aromatic rings. The van der Waals surface area contributed by atoms with E-state index in [-0.39, 0.29) is 17.7 Å². The van der Waals surface area contributed by atoms with Crippen LogP contribution in [-0.2, 0) is 9.59 Å². The second kappa shape index (κ2) is 6.63. The van der Waals surface area contributed by atoms with Gasteiger partial charge in [0, 0.05) is 31.1 Å². The molecule has 2 heterocycles. The molecule has 26 heavy (non-hydrogen) atoms. The first kappa shape index (κ1) is 16.3. The number of hydrogen-bond acceptors (Lipinski definition) is 3. The Kier molecular flexibility index (Phi) is 4.16. The molecule has 1 fully saturated rings. The molecule has 0 aliphatic carbocycles. The summed E-state index contributed by atoms with van der Waals surface area (Å²) in [5.41, 5.74) is 2.73. The molecule has 1 aromatic heterocycles. The van der Waals surface area contributed by atoms with Crippen LogP contribution in [0.25, 0.3) is 16.6 Å². The van der Waals surface area contributed by atoms with Crippen LogP contribution in [0.15, 0.2) is 54.7 Å². The van der Waals surface area contributed by atoms with E-state index in [9.17, 15) is 9.59 Å². The number of fused-ring (bicyclic) bond motifs is 1. The number of anilines is 1. The van der Waals surface area contributed by atoms with Gasteiger partial charge < -0.3 is 10.2 Å². The maximum Gasteiger partial charge on any atom is 0.229 e. The molecule has 0 bridgehead atoms. The standard InChI is InChI=1S/C20H20N4O2/c1-14(25)23-11-10-16(13-23)20(26)22-17-6-8-18(9-7-17)24-19-5-3-2-4-15(19)12-21-24/h2-9,12,16H,10-11,13H2,1H3,(H,22,26). The van der Waals surface area contributed by atoms with Gasteiger partial charge in [0.15, 0.2) is 0 Å². The second-order valence-electron chi connectivity index (χ2n) is 6.60. The predicted molar refractivity (Wildman–Crippen MR) is 100 cm³/mol. The van der Waals surface area contributed by atoms with Crippen LogP contribution in [0.3, 0.4) is 0 Å². The molecule has 132 valence electrons. The summed E-state index contributed by atoms with van der Waals surface area (Å²) < 4.78 is 1.88. The van der Waals surface area contributed by atoms with E-state index in [4.69, 9.17) is 0 Å². The molecule has 2 amide bonds. The minimum absolute atomic E-state index is 0.0242. The average Bonchev–Trinajstić information content (AvgIpc) is 3.30. The van der Waals surface area contributed by atoms with Crippen molar-refractivity contribution in [1.29, 1.82) is 0 Å². The fourth-order valence-corrected chi connectivity index (χ4v) is 3.37. The lowest BCUT2D eigenvalue weighted by molar-refractivity contribution is -0.128. The molecule has 1 aliphatic heterocycles. The van der Waals surface area contributed by atoms with E-state index in [1.807, 2.05) is 59.4 Å². The topological polar surface area (TPSA) is 67.2 Å². The number of benzene rings is 2. The van der Waals surface area contributed by atoms with Crippen LogP contribution in [0, 0.1) is 5.92 Å². The van der Waals surface area contributed by atoms with Gasteiger partial charge in [0.25, 0.3) is 0 Å². The van der Waals surface area contributed by atoms with Crippen molar-refractivity contribution in [2.75, 3.05) is 18.4 Å². The second-order valence-corrected chi connectivity index (χ2v) is 6.60. The van der Waals surface area contributed by atoms with Gasteiger partial charge in [-0.05, 0) is 36.8 Å². The van der Waals surface area contributed by atoms with Gasteiger partial charge in [-0.1, -0.05) is 18.2 Å². The van der Waals surface area contributed by atoms with Crippen molar-refractivity contribution >= 4 is 28.4 Å². The summed E-state index contributed by atoms with van der Waals surface area (Å²) in [6.45, 7) is 2.69. The summed E-state index contributed by atoms with van der Waals surface area (Å²) >= 11 is 0. The van der Waals surface area contributed by atoms with Gasteiger partial charge in [-0.25, -0.2) is 4.68 Å². The van der Waals surface area contributed by atoms with Crippen molar-refractivity contribution < 1.29 is 9.59 Å². The number of aromatic nitrogens is 2. The van der Waals surface area contributed by atoms with Gasteiger partial charge in [0.1, 0.15) is 0 Å². The van der Waals surface area contributed by atoms with Crippen LogP contribution in [0.4, 0.5) is 5.69 Å². The van der Waals surface area contributed by atoms with Crippen molar-refractivity contribution in [1.82, 2.24) is 14.7 Å². The first-order chi connectivity index (χ1) is 12.6. The lowest BCUT2D eigenvalue weighted by Gasteiger charge is -2.14. The van der Waals surface area contributed by atoms with E-state index in [1.165, 1.54) is 6.92 Å². The van der Waals surface area contributed by atoms with Crippen molar-refractivity contribution in [3.05, 3.63) is 54.7 Å². The Morgan fingerprint density at radius 3 is 2.62 bits per heavy atom. The lowest BCUT2D eigenvalue weighted by atomic mass is 10.1. The number of carbonyl (C=O) groups excluding carboxylic acids is 2. The van der Waals surface area contributed by atoms with Crippen molar-refractivity contribution in [3.63, 3.8) is 0 Å². The highest BCUT2D eigenvalue weighted by Crippen LogP contribution is 2.21. The largest absolute Gasteiger partial charge is 0.342 e. The number of amides is 2. The van der Waals surface area contributed by atoms with E-state index in [1.54, 1.807) is 4.90 Å². The van der Waals surface area contributed by atoms with Gasteiger partial charge in [0.2, 0.25) is 11.8 Å². The molecule has 1 saturated heterocycles. The summed E-state index contributed by atoms with van der Waals surface area (Å²) in [4.78, 5) is 25.5. The third-order valence-electron chi connectivity index (χ3n) is 4.86. The smallest absolute Gasteiger partial charge is 0.229 e. The number of nitrogens with zero attached hydrogens (tertiary/aromatic N) is 3. The van der Waals surface area contributed by atoms with Crippen LogP contribution < -0.4 is 5.32 Å². The predicted octanol–water partition coefficient (Wildman–Crippen LogP) is 2.83. The van der Waals surface area contributed by atoms with E-state index in [0.717, 1.165) is 22.3 Å². The molecule has 1 atom stereocenters. The molecule has 1 unspecified atom stereocenters. The minimum Gasteiger partial charge on any atom is -0.342 e. The molecule has 4 rings (SSSR count). The normalized spacial score (nSPS) is 16.8. The molecule has 0 spiro atoms. The number of para-hydroxylation sites is 1. The molecule has 2 aromatic carbocycles. The maximum absolute atomic E-state index is 12.4. The van der Waals surface area contributed by atoms with Crippen LogP contribution in [0.5, 0.6) is 0 Å². The maximum atomic E-state index is 12.4. The van der Waals surface area contributed by atoms with Gasteiger partial charge in [-0.15, -0.1) is 0 Å². The number of hydrogen-bond donors (Lipinski definition) is 1. The summed E-state index contributed by atoms with van der Waals surface area (Å²) in [6, 6.07) is 15.7. The first-order valence-electron chi connectivity index (χ1n) is 8.71. The van der Waals surface area contributed by atoms with Gasteiger partial charge in [-0.2, -0.15) is 5.10 Å². The number of nitrogens with one attached hydrogen (secondary N) is 1. The number of rotatable bonds is 3. The lowest BCUT2D eigenvalue weighted by Crippen LogP contribution is -2.29. The van der Waals surface area contributed by atoms with Gasteiger partial charge in [0.05, 0.1) is 23.3 Å². The molecule has 0 saturated carbocycles. The van der Waals surface area contributed by atoms with Crippen molar-refractivity contribution in [2.24, 2.45) is 5.92 Å². The molecule has 6 nitrogen and oxygen atoms in total. The van der Waals surface area contributed by atoms with E-state index < -0.39 is 0 Å². The van der Waals surface area contributed by atoms with Crippen LogP contribution in [0.1, 0.15) is 13.3 Å². The van der Waals surface area contributed by atoms with Gasteiger partial charge in [-0.3, -0.25) is 9.59 Å². The summed E-state index contributed by atoms with van der Waals surface area (Å²) in [7, 11) is 0. The van der Waals surface area contributed by atoms with Crippen molar-refractivity contribution in [2.45, 2.75) is 13.3 Å². The average molecular weight is 348 g/mol. The van der Waals surface area contributed by atoms with E-state index in [0.29, 0.717) is 19.5 Å². The summed E-state index contributed by atoms with van der Waals surface area (Å²) in [5.74, 6) is -0.157. The molecule has 0 radical (unpaired) electrons. The Balaban J connectivity index is 1.47. The van der Waals surface area contributed by atoms with Crippen LogP contribution in [-0.4, -0.2) is 39.6 Å². The highest BCUT2D eigenvalue weighted by atomic mass is 16.2. The molecule has 1 N–H and O–H groups in total. The third kappa shape index (κ3) is 3.06. The SMILES string of the molecule is CC(=O)N1CCC(C(=O)Nc2ccc(-n3ncc4ccccc43)cc2)C1. The zero-order valence-electron chi connectivity index (χ0n) is 14.6. The monoisotopic (exact) mass is 348 g/mol. The van der Waals surface area contributed by atoms with Gasteiger partial charge >= 0.3 is 0 Å². The zero-order valence-corrected chi connectivity index (χ0v) is 14.6. The fraction of sp³-hybridized carbons (Fsp3) is 0.250. The Bertz CT molecular complexity index is 961. The van der Waals surface area contributed by atoms with E-state index in [2.05, 4.69) is 10.4 Å². The Morgan fingerprint density at radius 2 is 1.88 bits per heavy atom. The fourth-order valence-electron chi connectivity index (χ4n) is 3.37. The molecule has 1 aliphatic rings. The first-order valence-corrected chi connectivity index (χ1v) is 8.71. The summed E-state index contributed by atoms with van der Waals surface area (Å²) in [5, 5.41) is 8.47. The zero-order chi connectivity index (χ0) is 18.1.